The topological polar surface area (TPSA) is 65.7 Å². The Hall–Kier alpha value is -0.620. The number of aromatic amines is 2. The molecule has 0 aliphatic rings. The second-order valence-electron chi connectivity index (χ2n) is 5.07. The smallest absolute Gasteiger partial charge is 0.314 e. The van der Waals surface area contributed by atoms with Crippen molar-refractivity contribution >= 4 is 21.6 Å². The SMILES string of the molecule is CC(C)(C)SSCCCCc1c[nH]c(=O)[nH]c1=O. The van der Waals surface area contributed by atoms with Gasteiger partial charge in [0.05, 0.1) is 0 Å². The van der Waals surface area contributed by atoms with Crippen LogP contribution in [0.25, 0.3) is 0 Å². The lowest BCUT2D eigenvalue weighted by atomic mass is 10.1. The fourth-order valence-electron chi connectivity index (χ4n) is 1.32. The molecule has 0 aromatic carbocycles. The molecule has 0 atom stereocenters. The number of hydrogen-bond acceptors (Lipinski definition) is 4. The molecule has 0 aliphatic carbocycles. The first-order chi connectivity index (χ1) is 8.38. The van der Waals surface area contributed by atoms with Crippen molar-refractivity contribution in [1.82, 2.24) is 9.97 Å². The third-order valence-electron chi connectivity index (χ3n) is 2.13. The molecule has 0 bridgehead atoms. The monoisotopic (exact) mass is 288 g/mol. The maximum absolute atomic E-state index is 11.4. The molecular weight excluding hydrogens is 268 g/mol. The highest BCUT2D eigenvalue weighted by Crippen LogP contribution is 2.35. The van der Waals surface area contributed by atoms with Gasteiger partial charge in [-0.15, -0.1) is 0 Å². The first-order valence-corrected chi connectivity index (χ1v) is 8.32. The zero-order valence-corrected chi connectivity index (χ0v) is 12.7. The van der Waals surface area contributed by atoms with Crippen LogP contribution < -0.4 is 11.2 Å². The Morgan fingerprint density at radius 3 is 2.56 bits per heavy atom. The predicted octanol–water partition coefficient (Wildman–Crippen LogP) is 2.57. The summed E-state index contributed by atoms with van der Waals surface area (Å²) in [6.45, 7) is 6.60. The summed E-state index contributed by atoms with van der Waals surface area (Å²) < 4.78 is 0.292. The van der Waals surface area contributed by atoms with Gasteiger partial charge in [-0.2, -0.15) is 0 Å². The molecule has 102 valence electrons. The Bertz CT molecular complexity index is 474. The highest BCUT2D eigenvalue weighted by atomic mass is 33.1. The van der Waals surface area contributed by atoms with Crippen LogP contribution in [0, 0.1) is 0 Å². The summed E-state index contributed by atoms with van der Waals surface area (Å²) in [6.07, 6.45) is 4.27. The van der Waals surface area contributed by atoms with E-state index in [1.54, 1.807) is 0 Å². The van der Waals surface area contributed by atoms with E-state index in [-0.39, 0.29) is 5.56 Å². The largest absolute Gasteiger partial charge is 0.325 e. The second-order valence-corrected chi connectivity index (χ2v) is 8.31. The molecule has 1 rings (SSSR count). The zero-order chi connectivity index (χ0) is 13.6. The van der Waals surface area contributed by atoms with Crippen LogP contribution in [0.4, 0.5) is 0 Å². The number of rotatable bonds is 6. The summed E-state index contributed by atoms with van der Waals surface area (Å²) in [7, 11) is 3.76. The number of H-pyrrole nitrogens is 2. The van der Waals surface area contributed by atoms with Crippen LogP contribution in [0.1, 0.15) is 39.2 Å². The average Bonchev–Trinajstić information content (AvgIpc) is 2.24. The van der Waals surface area contributed by atoms with Gasteiger partial charge in [-0.1, -0.05) is 42.4 Å². The summed E-state index contributed by atoms with van der Waals surface area (Å²) in [5.74, 6) is 1.09. The Labute approximate surface area is 115 Å². The van der Waals surface area contributed by atoms with E-state index in [0.29, 0.717) is 16.7 Å². The van der Waals surface area contributed by atoms with Gasteiger partial charge in [-0.3, -0.25) is 9.78 Å². The first kappa shape index (κ1) is 15.4. The summed E-state index contributed by atoms with van der Waals surface area (Å²) >= 11 is 0. The molecule has 0 unspecified atom stereocenters. The van der Waals surface area contributed by atoms with E-state index in [0.717, 1.165) is 18.6 Å². The van der Waals surface area contributed by atoms with E-state index in [1.807, 2.05) is 21.6 Å². The van der Waals surface area contributed by atoms with Crippen LogP contribution in [0.3, 0.4) is 0 Å². The van der Waals surface area contributed by atoms with E-state index in [1.165, 1.54) is 6.20 Å². The Kier molecular flexibility index (Phi) is 6.08. The third kappa shape index (κ3) is 6.35. The van der Waals surface area contributed by atoms with Crippen LogP contribution in [0.15, 0.2) is 15.8 Å². The van der Waals surface area contributed by atoms with Crippen LogP contribution in [0.5, 0.6) is 0 Å². The summed E-state index contributed by atoms with van der Waals surface area (Å²) in [5.41, 5.74) is -0.0561. The highest BCUT2D eigenvalue weighted by Gasteiger charge is 2.10. The van der Waals surface area contributed by atoms with E-state index < -0.39 is 5.69 Å². The van der Waals surface area contributed by atoms with Gasteiger partial charge in [-0.25, -0.2) is 4.79 Å². The van der Waals surface area contributed by atoms with Gasteiger partial charge in [0.25, 0.3) is 5.56 Å². The van der Waals surface area contributed by atoms with E-state index in [2.05, 4.69) is 30.7 Å². The molecule has 6 heteroatoms. The summed E-state index contributed by atoms with van der Waals surface area (Å²) in [4.78, 5) is 27.0. The molecule has 4 nitrogen and oxygen atoms in total. The molecule has 0 aliphatic heterocycles. The average molecular weight is 288 g/mol. The molecular formula is C12H20N2O2S2. The Balaban J connectivity index is 2.22. The molecule has 1 aromatic heterocycles. The van der Waals surface area contributed by atoms with Crippen molar-refractivity contribution in [1.29, 1.82) is 0 Å². The van der Waals surface area contributed by atoms with Crippen molar-refractivity contribution in [2.75, 3.05) is 5.75 Å². The number of hydrogen-bond donors (Lipinski definition) is 2. The molecule has 0 amide bonds. The van der Waals surface area contributed by atoms with Gasteiger partial charge in [0, 0.05) is 22.3 Å². The van der Waals surface area contributed by atoms with Crippen molar-refractivity contribution in [3.05, 3.63) is 32.6 Å². The molecule has 1 heterocycles. The minimum atomic E-state index is -0.444. The summed E-state index contributed by atoms with van der Waals surface area (Å²) in [6, 6.07) is 0. The normalized spacial score (nSPS) is 11.7. The molecule has 18 heavy (non-hydrogen) atoms. The number of aromatic nitrogens is 2. The fourth-order valence-corrected chi connectivity index (χ4v) is 3.74. The predicted molar refractivity (Wildman–Crippen MR) is 80.4 cm³/mol. The molecule has 2 N–H and O–H groups in total. The summed E-state index contributed by atoms with van der Waals surface area (Å²) in [5, 5.41) is 0. The van der Waals surface area contributed by atoms with Gasteiger partial charge < -0.3 is 4.98 Å². The van der Waals surface area contributed by atoms with Gasteiger partial charge in [0.15, 0.2) is 0 Å². The van der Waals surface area contributed by atoms with Crippen LogP contribution in [-0.4, -0.2) is 20.5 Å². The molecule has 0 fully saturated rings. The van der Waals surface area contributed by atoms with Crippen LogP contribution >= 0.6 is 21.6 Å². The van der Waals surface area contributed by atoms with Gasteiger partial charge in [0.2, 0.25) is 0 Å². The Morgan fingerprint density at radius 1 is 1.22 bits per heavy atom. The lowest BCUT2D eigenvalue weighted by Gasteiger charge is -2.15. The molecule has 0 saturated heterocycles. The maximum Gasteiger partial charge on any atom is 0.325 e. The van der Waals surface area contributed by atoms with Crippen molar-refractivity contribution in [2.24, 2.45) is 0 Å². The van der Waals surface area contributed by atoms with Crippen molar-refractivity contribution in [3.8, 4) is 0 Å². The number of unbranched alkanes of at least 4 members (excludes halogenated alkanes) is 1. The first-order valence-electron chi connectivity index (χ1n) is 6.00. The highest BCUT2D eigenvalue weighted by molar-refractivity contribution is 8.77. The van der Waals surface area contributed by atoms with Crippen molar-refractivity contribution in [3.63, 3.8) is 0 Å². The van der Waals surface area contributed by atoms with Crippen molar-refractivity contribution < 1.29 is 0 Å². The minimum Gasteiger partial charge on any atom is -0.314 e. The number of nitrogens with one attached hydrogen (secondary N) is 2. The lowest BCUT2D eigenvalue weighted by Crippen LogP contribution is -2.24. The lowest BCUT2D eigenvalue weighted by molar-refractivity contribution is 0.784. The molecule has 1 aromatic rings. The number of aryl methyl sites for hydroxylation is 1. The standard InChI is InChI=1S/C12H20N2O2S2/c1-12(2,3)18-17-7-5-4-6-9-8-13-11(16)14-10(9)15/h8H,4-7H2,1-3H3,(H2,13,14,15,16). The molecule has 0 spiro atoms. The zero-order valence-electron chi connectivity index (χ0n) is 11.0. The van der Waals surface area contributed by atoms with E-state index >= 15 is 0 Å². The van der Waals surface area contributed by atoms with Crippen molar-refractivity contribution in [2.45, 2.75) is 44.8 Å². The second kappa shape index (κ2) is 7.09. The molecule has 0 saturated carbocycles. The van der Waals surface area contributed by atoms with E-state index in [9.17, 15) is 9.59 Å². The maximum atomic E-state index is 11.4. The van der Waals surface area contributed by atoms with Gasteiger partial charge in [0.1, 0.15) is 0 Å². The van der Waals surface area contributed by atoms with Crippen LogP contribution in [-0.2, 0) is 6.42 Å². The Morgan fingerprint density at radius 2 is 1.94 bits per heavy atom. The minimum absolute atomic E-state index is 0.268. The fraction of sp³-hybridized carbons (Fsp3) is 0.667. The quantitative estimate of drug-likeness (QED) is 0.623. The van der Waals surface area contributed by atoms with Gasteiger partial charge in [-0.05, 0) is 19.3 Å². The van der Waals surface area contributed by atoms with Gasteiger partial charge >= 0.3 is 5.69 Å². The van der Waals surface area contributed by atoms with Crippen LogP contribution in [0.2, 0.25) is 0 Å². The third-order valence-corrected chi connectivity index (χ3v) is 5.56. The molecule has 0 radical (unpaired) electrons. The van der Waals surface area contributed by atoms with E-state index in [4.69, 9.17) is 0 Å².